The monoisotopic (exact) mass is 217 g/mol. The molecule has 1 saturated heterocycles. The van der Waals surface area contributed by atoms with Crippen molar-refractivity contribution < 1.29 is 9.47 Å². The molecule has 3 nitrogen and oxygen atoms in total. The molecule has 16 heavy (non-hydrogen) atoms. The highest BCUT2D eigenvalue weighted by Gasteiger charge is 2.34. The summed E-state index contributed by atoms with van der Waals surface area (Å²) in [6, 6.07) is 7.81. The van der Waals surface area contributed by atoms with Gasteiger partial charge in [0.15, 0.2) is 0 Å². The van der Waals surface area contributed by atoms with Crippen LogP contribution in [-0.4, -0.2) is 19.8 Å². The Hall–Kier alpha value is -1.53. The predicted molar refractivity (Wildman–Crippen MR) is 60.3 cm³/mol. The summed E-state index contributed by atoms with van der Waals surface area (Å²) in [4.78, 5) is 0. The van der Waals surface area contributed by atoms with Gasteiger partial charge >= 0.3 is 0 Å². The van der Waals surface area contributed by atoms with Gasteiger partial charge in [0.1, 0.15) is 11.8 Å². The molecule has 0 spiro atoms. The molecule has 1 aromatic rings. The molecule has 84 valence electrons. The Labute approximate surface area is 95.6 Å². The summed E-state index contributed by atoms with van der Waals surface area (Å²) in [6.45, 7) is 6.16. The molecule has 1 aliphatic heterocycles. The van der Waals surface area contributed by atoms with Crippen LogP contribution in [0.1, 0.15) is 18.1 Å². The fourth-order valence-corrected chi connectivity index (χ4v) is 1.64. The van der Waals surface area contributed by atoms with E-state index in [4.69, 9.17) is 14.7 Å². The molecule has 0 aliphatic carbocycles. The first-order valence-electron chi connectivity index (χ1n) is 5.34. The fraction of sp³-hybridized carbons (Fsp3) is 0.462. The summed E-state index contributed by atoms with van der Waals surface area (Å²) in [5.41, 5.74) is 1.78. The maximum absolute atomic E-state index is 8.99. The van der Waals surface area contributed by atoms with Crippen molar-refractivity contribution >= 4 is 0 Å². The third kappa shape index (κ3) is 2.17. The Morgan fingerprint density at radius 3 is 2.81 bits per heavy atom. The van der Waals surface area contributed by atoms with Gasteiger partial charge in [-0.15, -0.1) is 0 Å². The predicted octanol–water partition coefficient (Wildman–Crippen LogP) is 2.28. The fourth-order valence-electron chi connectivity index (χ4n) is 1.64. The van der Waals surface area contributed by atoms with Crippen molar-refractivity contribution in [3.63, 3.8) is 0 Å². The zero-order valence-corrected chi connectivity index (χ0v) is 9.62. The number of nitrogens with zero attached hydrogens (tertiary/aromatic N) is 1. The molecule has 2 rings (SSSR count). The summed E-state index contributed by atoms with van der Waals surface area (Å²) < 4.78 is 10.8. The second kappa shape index (κ2) is 4.15. The van der Waals surface area contributed by atoms with E-state index in [0.717, 1.165) is 18.8 Å². The van der Waals surface area contributed by atoms with Gasteiger partial charge in [0.25, 0.3) is 0 Å². The molecule has 0 bridgehead atoms. The average Bonchev–Trinajstić information content (AvgIpc) is 2.24. The normalized spacial score (nSPS) is 17.3. The number of nitriles is 1. The molecular formula is C13H15NO2. The molecule has 1 heterocycles. The van der Waals surface area contributed by atoms with E-state index in [1.165, 1.54) is 0 Å². The molecule has 0 atom stereocenters. The van der Waals surface area contributed by atoms with Crippen molar-refractivity contribution in [3.8, 4) is 11.8 Å². The molecule has 1 aromatic carbocycles. The first kappa shape index (κ1) is 11.0. The second-order valence-corrected chi connectivity index (χ2v) is 4.70. The summed E-state index contributed by atoms with van der Waals surface area (Å²) in [7, 11) is 0. The van der Waals surface area contributed by atoms with Gasteiger partial charge < -0.3 is 9.47 Å². The standard InChI is InChI=1S/C13H15NO2/c1-10-3-4-12(11(5-10)6-14)16-9-13(2)7-15-8-13/h3-5H,7-9H2,1-2H3. The van der Waals surface area contributed by atoms with E-state index < -0.39 is 0 Å². The van der Waals surface area contributed by atoms with Crippen molar-refractivity contribution in [2.75, 3.05) is 19.8 Å². The van der Waals surface area contributed by atoms with Gasteiger partial charge in [-0.2, -0.15) is 5.26 Å². The largest absolute Gasteiger partial charge is 0.491 e. The third-order valence-corrected chi connectivity index (χ3v) is 2.73. The number of hydrogen-bond donors (Lipinski definition) is 0. The minimum absolute atomic E-state index is 0.109. The van der Waals surface area contributed by atoms with Crippen LogP contribution in [0.5, 0.6) is 5.75 Å². The van der Waals surface area contributed by atoms with Crippen molar-refractivity contribution in [3.05, 3.63) is 29.3 Å². The number of aryl methyl sites for hydroxylation is 1. The molecular weight excluding hydrogens is 202 g/mol. The van der Waals surface area contributed by atoms with Crippen molar-refractivity contribution in [2.24, 2.45) is 5.41 Å². The highest BCUT2D eigenvalue weighted by molar-refractivity contribution is 5.45. The van der Waals surface area contributed by atoms with Crippen LogP contribution in [-0.2, 0) is 4.74 Å². The highest BCUT2D eigenvalue weighted by Crippen LogP contribution is 2.28. The van der Waals surface area contributed by atoms with Gasteiger partial charge in [-0.1, -0.05) is 13.0 Å². The molecule has 0 unspecified atom stereocenters. The van der Waals surface area contributed by atoms with Crippen molar-refractivity contribution in [2.45, 2.75) is 13.8 Å². The van der Waals surface area contributed by atoms with Gasteiger partial charge in [-0.3, -0.25) is 0 Å². The summed E-state index contributed by atoms with van der Waals surface area (Å²) in [6.07, 6.45) is 0. The van der Waals surface area contributed by atoms with Crippen LogP contribution in [0.4, 0.5) is 0 Å². The maximum atomic E-state index is 8.99. The van der Waals surface area contributed by atoms with E-state index in [9.17, 15) is 0 Å². The van der Waals surface area contributed by atoms with Crippen molar-refractivity contribution in [1.82, 2.24) is 0 Å². The zero-order valence-electron chi connectivity index (χ0n) is 9.62. The number of hydrogen-bond acceptors (Lipinski definition) is 3. The van der Waals surface area contributed by atoms with Crippen LogP contribution in [0.2, 0.25) is 0 Å². The van der Waals surface area contributed by atoms with Crippen LogP contribution >= 0.6 is 0 Å². The summed E-state index contributed by atoms with van der Waals surface area (Å²) in [5.74, 6) is 0.668. The Balaban J connectivity index is 2.07. The lowest BCUT2D eigenvalue weighted by Crippen LogP contribution is -2.44. The van der Waals surface area contributed by atoms with E-state index in [0.29, 0.717) is 17.9 Å². The molecule has 0 N–H and O–H groups in total. The molecule has 1 fully saturated rings. The van der Waals surface area contributed by atoms with E-state index >= 15 is 0 Å². The van der Waals surface area contributed by atoms with Gasteiger partial charge in [0.2, 0.25) is 0 Å². The Morgan fingerprint density at radius 1 is 1.50 bits per heavy atom. The lowest BCUT2D eigenvalue weighted by molar-refractivity contribution is -0.120. The molecule has 0 saturated carbocycles. The van der Waals surface area contributed by atoms with Crippen LogP contribution in [0.15, 0.2) is 18.2 Å². The average molecular weight is 217 g/mol. The van der Waals surface area contributed by atoms with Crippen LogP contribution in [0.25, 0.3) is 0 Å². The molecule has 0 aromatic heterocycles. The third-order valence-electron chi connectivity index (χ3n) is 2.73. The van der Waals surface area contributed by atoms with E-state index in [1.54, 1.807) is 0 Å². The van der Waals surface area contributed by atoms with Crippen molar-refractivity contribution in [1.29, 1.82) is 5.26 Å². The SMILES string of the molecule is Cc1ccc(OCC2(C)COC2)c(C#N)c1. The lowest BCUT2D eigenvalue weighted by atomic mass is 9.90. The smallest absolute Gasteiger partial charge is 0.137 e. The van der Waals surface area contributed by atoms with Crippen LogP contribution in [0.3, 0.4) is 0 Å². The molecule has 0 radical (unpaired) electrons. The van der Waals surface area contributed by atoms with E-state index in [-0.39, 0.29) is 5.41 Å². The zero-order chi connectivity index (χ0) is 11.6. The highest BCUT2D eigenvalue weighted by atomic mass is 16.5. The van der Waals surface area contributed by atoms with E-state index in [2.05, 4.69) is 13.0 Å². The quantitative estimate of drug-likeness (QED) is 0.780. The number of ether oxygens (including phenoxy) is 2. The Bertz CT molecular complexity index is 430. The van der Waals surface area contributed by atoms with Crippen LogP contribution in [0, 0.1) is 23.7 Å². The Kier molecular flexibility index (Phi) is 2.84. The van der Waals surface area contributed by atoms with Gasteiger partial charge in [-0.25, -0.2) is 0 Å². The van der Waals surface area contributed by atoms with Crippen LogP contribution < -0.4 is 4.74 Å². The Morgan fingerprint density at radius 2 is 2.25 bits per heavy atom. The first-order chi connectivity index (χ1) is 7.63. The second-order valence-electron chi connectivity index (χ2n) is 4.70. The molecule has 0 amide bonds. The molecule has 1 aliphatic rings. The van der Waals surface area contributed by atoms with E-state index in [1.807, 2.05) is 25.1 Å². The minimum Gasteiger partial charge on any atom is -0.491 e. The molecule has 3 heteroatoms. The van der Waals surface area contributed by atoms with Gasteiger partial charge in [0, 0.05) is 5.41 Å². The maximum Gasteiger partial charge on any atom is 0.137 e. The van der Waals surface area contributed by atoms with Gasteiger partial charge in [0.05, 0.1) is 25.4 Å². The summed E-state index contributed by atoms with van der Waals surface area (Å²) in [5, 5.41) is 8.99. The number of rotatable bonds is 3. The minimum atomic E-state index is 0.109. The number of benzene rings is 1. The summed E-state index contributed by atoms with van der Waals surface area (Å²) >= 11 is 0. The van der Waals surface area contributed by atoms with Gasteiger partial charge in [-0.05, 0) is 24.6 Å². The topological polar surface area (TPSA) is 42.2 Å². The lowest BCUT2D eigenvalue weighted by Gasteiger charge is -2.37. The first-order valence-corrected chi connectivity index (χ1v) is 5.34.